The Balaban J connectivity index is 2.02. The Bertz CT molecular complexity index is 982. The van der Waals surface area contributed by atoms with E-state index in [2.05, 4.69) is 5.32 Å². The molecule has 1 N–H and O–H groups in total. The number of esters is 1. The first-order valence-electron chi connectivity index (χ1n) is 8.88. The topological polar surface area (TPSA) is 68.3 Å². The SMILES string of the molecule is Cc1c(-c2ccccc2)nc2ccccc2c1C(=O)OCC(=O)NC(C)C. The number of hydrogen-bond acceptors (Lipinski definition) is 4. The first-order chi connectivity index (χ1) is 13.0. The summed E-state index contributed by atoms with van der Waals surface area (Å²) in [5.74, 6) is -0.847. The van der Waals surface area contributed by atoms with Crippen molar-refractivity contribution >= 4 is 22.8 Å². The van der Waals surface area contributed by atoms with Gasteiger partial charge in [-0.05, 0) is 32.4 Å². The number of nitrogens with zero attached hydrogens (tertiary/aromatic N) is 1. The number of benzene rings is 2. The lowest BCUT2D eigenvalue weighted by atomic mass is 9.98. The number of carbonyl (C=O) groups excluding carboxylic acids is 2. The van der Waals surface area contributed by atoms with E-state index in [0.717, 1.165) is 16.8 Å². The van der Waals surface area contributed by atoms with Crippen molar-refractivity contribution < 1.29 is 14.3 Å². The number of hydrogen-bond donors (Lipinski definition) is 1. The lowest BCUT2D eigenvalue weighted by molar-refractivity contribution is -0.124. The fraction of sp³-hybridized carbons (Fsp3) is 0.227. The molecule has 5 heteroatoms. The van der Waals surface area contributed by atoms with Crippen LogP contribution in [0.1, 0.15) is 29.8 Å². The molecule has 0 bridgehead atoms. The standard InChI is InChI=1S/C22H22N2O3/c1-14(2)23-19(25)13-27-22(26)20-15(3)21(16-9-5-4-6-10-16)24-18-12-8-7-11-17(18)20/h4-12,14H,13H2,1-3H3,(H,23,25). The molecule has 3 aromatic rings. The van der Waals surface area contributed by atoms with Gasteiger partial charge in [-0.1, -0.05) is 48.5 Å². The van der Waals surface area contributed by atoms with Crippen LogP contribution in [0, 0.1) is 6.92 Å². The van der Waals surface area contributed by atoms with Gasteiger partial charge in [0.05, 0.1) is 16.8 Å². The molecule has 0 saturated heterocycles. The number of pyridine rings is 1. The zero-order chi connectivity index (χ0) is 19.4. The van der Waals surface area contributed by atoms with Crippen LogP contribution in [0.4, 0.5) is 0 Å². The van der Waals surface area contributed by atoms with E-state index in [1.165, 1.54) is 0 Å². The third kappa shape index (κ3) is 4.14. The summed E-state index contributed by atoms with van der Waals surface area (Å²) in [6.07, 6.45) is 0. The van der Waals surface area contributed by atoms with E-state index < -0.39 is 5.97 Å². The lowest BCUT2D eigenvalue weighted by Gasteiger charge is -2.14. The fourth-order valence-electron chi connectivity index (χ4n) is 3.01. The summed E-state index contributed by atoms with van der Waals surface area (Å²) in [4.78, 5) is 29.4. The molecular weight excluding hydrogens is 340 g/mol. The molecule has 0 radical (unpaired) electrons. The van der Waals surface area contributed by atoms with E-state index in [-0.39, 0.29) is 18.6 Å². The Morgan fingerprint density at radius 1 is 1.04 bits per heavy atom. The highest BCUT2D eigenvalue weighted by Crippen LogP contribution is 2.30. The average Bonchev–Trinajstić information content (AvgIpc) is 2.66. The Labute approximate surface area is 158 Å². The van der Waals surface area contributed by atoms with Gasteiger partial charge in [-0.25, -0.2) is 9.78 Å². The van der Waals surface area contributed by atoms with Gasteiger partial charge >= 0.3 is 5.97 Å². The Hall–Kier alpha value is -3.21. The number of aromatic nitrogens is 1. The number of nitrogens with one attached hydrogen (secondary N) is 1. The number of carbonyl (C=O) groups is 2. The Morgan fingerprint density at radius 3 is 2.41 bits per heavy atom. The summed E-state index contributed by atoms with van der Waals surface area (Å²) >= 11 is 0. The number of amides is 1. The fourth-order valence-corrected chi connectivity index (χ4v) is 3.01. The summed E-state index contributed by atoms with van der Waals surface area (Å²) in [5, 5.41) is 3.42. The third-order valence-corrected chi connectivity index (χ3v) is 4.17. The van der Waals surface area contributed by atoms with Crippen molar-refractivity contribution in [2.75, 3.05) is 6.61 Å². The Kier molecular flexibility index (Phi) is 5.50. The molecule has 0 aliphatic heterocycles. The first-order valence-corrected chi connectivity index (χ1v) is 8.88. The third-order valence-electron chi connectivity index (χ3n) is 4.17. The van der Waals surface area contributed by atoms with Crippen LogP contribution < -0.4 is 5.32 Å². The highest BCUT2D eigenvalue weighted by Gasteiger charge is 2.20. The van der Waals surface area contributed by atoms with Crippen molar-refractivity contribution in [1.82, 2.24) is 10.3 Å². The monoisotopic (exact) mass is 362 g/mol. The highest BCUT2D eigenvalue weighted by atomic mass is 16.5. The quantitative estimate of drug-likeness (QED) is 0.699. The molecule has 1 amide bonds. The van der Waals surface area contributed by atoms with Crippen molar-refractivity contribution in [1.29, 1.82) is 0 Å². The second-order valence-electron chi connectivity index (χ2n) is 6.64. The van der Waals surface area contributed by atoms with Crippen molar-refractivity contribution in [3.63, 3.8) is 0 Å². The molecule has 2 aromatic carbocycles. The summed E-state index contributed by atoms with van der Waals surface area (Å²) in [6, 6.07) is 17.1. The van der Waals surface area contributed by atoms with Crippen LogP contribution in [0.3, 0.4) is 0 Å². The van der Waals surface area contributed by atoms with Crippen LogP contribution in [0.15, 0.2) is 54.6 Å². The van der Waals surface area contributed by atoms with E-state index in [4.69, 9.17) is 9.72 Å². The number of fused-ring (bicyclic) bond motifs is 1. The molecule has 0 spiro atoms. The number of rotatable bonds is 5. The molecule has 0 unspecified atom stereocenters. The smallest absolute Gasteiger partial charge is 0.339 e. The van der Waals surface area contributed by atoms with Crippen LogP contribution in [-0.4, -0.2) is 29.5 Å². The van der Waals surface area contributed by atoms with Crippen LogP contribution in [0.25, 0.3) is 22.2 Å². The van der Waals surface area contributed by atoms with E-state index in [1.54, 1.807) is 0 Å². The number of ether oxygens (including phenoxy) is 1. The second kappa shape index (κ2) is 7.99. The van der Waals surface area contributed by atoms with E-state index in [0.29, 0.717) is 16.5 Å². The molecule has 138 valence electrons. The van der Waals surface area contributed by atoms with Gasteiger partial charge in [0.2, 0.25) is 0 Å². The summed E-state index contributed by atoms with van der Waals surface area (Å²) < 4.78 is 5.29. The van der Waals surface area contributed by atoms with Gasteiger partial charge in [-0.15, -0.1) is 0 Å². The second-order valence-corrected chi connectivity index (χ2v) is 6.64. The maximum absolute atomic E-state index is 12.8. The minimum atomic E-state index is -0.526. The molecule has 0 aliphatic carbocycles. The highest BCUT2D eigenvalue weighted by molar-refractivity contribution is 6.06. The van der Waals surface area contributed by atoms with Crippen molar-refractivity contribution in [2.45, 2.75) is 26.8 Å². The molecule has 0 fully saturated rings. The molecule has 3 rings (SSSR count). The van der Waals surface area contributed by atoms with Crippen LogP contribution >= 0.6 is 0 Å². The molecular formula is C22H22N2O3. The van der Waals surface area contributed by atoms with Gasteiger partial charge < -0.3 is 10.1 Å². The largest absolute Gasteiger partial charge is 0.452 e. The Morgan fingerprint density at radius 2 is 1.70 bits per heavy atom. The zero-order valence-corrected chi connectivity index (χ0v) is 15.7. The summed E-state index contributed by atoms with van der Waals surface area (Å²) in [6.45, 7) is 5.25. The predicted molar refractivity (Wildman–Crippen MR) is 105 cm³/mol. The predicted octanol–water partition coefficient (Wildman–Crippen LogP) is 3.89. The van der Waals surface area contributed by atoms with Gasteiger partial charge in [0.15, 0.2) is 6.61 Å². The minimum Gasteiger partial charge on any atom is -0.452 e. The molecule has 1 aromatic heterocycles. The van der Waals surface area contributed by atoms with Gasteiger partial charge in [0.1, 0.15) is 0 Å². The summed E-state index contributed by atoms with van der Waals surface area (Å²) in [5.41, 5.74) is 3.53. The molecule has 0 aliphatic rings. The minimum absolute atomic E-state index is 0.00984. The molecule has 1 heterocycles. The van der Waals surface area contributed by atoms with Gasteiger partial charge in [-0.2, -0.15) is 0 Å². The van der Waals surface area contributed by atoms with Crippen LogP contribution in [0.2, 0.25) is 0 Å². The van der Waals surface area contributed by atoms with Crippen molar-refractivity contribution in [3.05, 3.63) is 65.7 Å². The van der Waals surface area contributed by atoms with Crippen LogP contribution in [0.5, 0.6) is 0 Å². The van der Waals surface area contributed by atoms with Crippen molar-refractivity contribution in [3.8, 4) is 11.3 Å². The van der Waals surface area contributed by atoms with E-state index in [1.807, 2.05) is 75.4 Å². The molecule has 0 saturated carbocycles. The van der Waals surface area contributed by atoms with Gasteiger partial charge in [-0.3, -0.25) is 4.79 Å². The van der Waals surface area contributed by atoms with Crippen LogP contribution in [-0.2, 0) is 9.53 Å². The summed E-state index contributed by atoms with van der Waals surface area (Å²) in [7, 11) is 0. The van der Waals surface area contributed by atoms with Crippen molar-refractivity contribution in [2.24, 2.45) is 0 Å². The van der Waals surface area contributed by atoms with Gasteiger partial charge in [0.25, 0.3) is 5.91 Å². The molecule has 27 heavy (non-hydrogen) atoms. The maximum atomic E-state index is 12.8. The van der Waals surface area contributed by atoms with Gasteiger partial charge in [0, 0.05) is 17.0 Å². The average molecular weight is 362 g/mol. The zero-order valence-electron chi connectivity index (χ0n) is 15.7. The van der Waals surface area contributed by atoms with E-state index in [9.17, 15) is 9.59 Å². The first kappa shape index (κ1) is 18.6. The number of para-hydroxylation sites is 1. The molecule has 5 nitrogen and oxygen atoms in total. The van der Waals surface area contributed by atoms with E-state index >= 15 is 0 Å². The maximum Gasteiger partial charge on any atom is 0.339 e. The molecule has 0 atom stereocenters. The lowest BCUT2D eigenvalue weighted by Crippen LogP contribution is -2.34. The normalized spacial score (nSPS) is 10.8.